The van der Waals surface area contributed by atoms with E-state index in [-0.39, 0.29) is 0 Å². The molecule has 4 heteroatoms. The Kier molecular flexibility index (Phi) is 4.34. The maximum Gasteiger partial charge on any atom is 0.206 e. The first-order valence-electron chi connectivity index (χ1n) is 7.62. The highest BCUT2D eigenvalue weighted by Gasteiger charge is 2.12. The third-order valence-electron chi connectivity index (χ3n) is 3.75. The molecule has 0 radical (unpaired) electrons. The molecule has 1 fully saturated rings. The molecular weight excluding hydrogens is 278 g/mol. The van der Waals surface area contributed by atoms with Gasteiger partial charge in [-0.15, -0.1) is 11.3 Å². The van der Waals surface area contributed by atoms with Crippen molar-refractivity contribution in [2.24, 2.45) is 10.1 Å². The van der Waals surface area contributed by atoms with Gasteiger partial charge in [0.2, 0.25) is 4.80 Å². The molecule has 1 aliphatic rings. The van der Waals surface area contributed by atoms with E-state index in [1.54, 1.807) is 11.3 Å². The Bertz CT molecular complexity index is 696. The number of hydrogen-bond donors (Lipinski definition) is 0. The fourth-order valence-electron chi connectivity index (χ4n) is 2.59. The maximum absolute atomic E-state index is 4.89. The largest absolute Gasteiger partial charge is 0.258 e. The molecule has 21 heavy (non-hydrogen) atoms. The van der Waals surface area contributed by atoms with Gasteiger partial charge in [0, 0.05) is 23.2 Å². The number of aromatic nitrogens is 1. The molecule has 1 heterocycles. The number of hydrogen-bond acceptors (Lipinski definition) is 3. The zero-order chi connectivity index (χ0) is 14.7. The minimum Gasteiger partial charge on any atom is -0.258 e. The van der Waals surface area contributed by atoms with Crippen LogP contribution in [0.4, 0.5) is 0 Å². The van der Waals surface area contributed by atoms with Gasteiger partial charge in [-0.25, -0.2) is 4.68 Å². The Labute approximate surface area is 129 Å². The van der Waals surface area contributed by atoms with E-state index in [0.717, 1.165) is 29.9 Å². The van der Waals surface area contributed by atoms with Gasteiger partial charge in [0.1, 0.15) is 0 Å². The molecule has 0 spiro atoms. The highest BCUT2D eigenvalue weighted by Crippen LogP contribution is 2.22. The Morgan fingerprint density at radius 1 is 1.14 bits per heavy atom. The van der Waals surface area contributed by atoms with Crippen molar-refractivity contribution in [3.63, 3.8) is 0 Å². The predicted molar refractivity (Wildman–Crippen MR) is 89.9 cm³/mol. The lowest BCUT2D eigenvalue weighted by Gasteiger charge is -2.05. The molecule has 1 aromatic heterocycles. The summed E-state index contributed by atoms with van der Waals surface area (Å²) >= 11 is 1.67. The van der Waals surface area contributed by atoms with Crippen LogP contribution in [0, 0.1) is 6.92 Å². The fraction of sp³-hybridized carbons (Fsp3) is 0.412. The third-order valence-corrected chi connectivity index (χ3v) is 4.60. The zero-order valence-electron chi connectivity index (χ0n) is 12.7. The zero-order valence-corrected chi connectivity index (χ0v) is 13.5. The van der Waals surface area contributed by atoms with Crippen LogP contribution in [0.15, 0.2) is 39.7 Å². The van der Waals surface area contributed by atoms with Crippen molar-refractivity contribution in [1.82, 2.24) is 4.68 Å². The lowest BCUT2D eigenvalue weighted by Crippen LogP contribution is -2.14. The molecule has 110 valence electrons. The molecule has 0 aliphatic heterocycles. The van der Waals surface area contributed by atoms with Crippen LogP contribution in [0.1, 0.15) is 38.2 Å². The number of rotatable bonds is 3. The molecule has 3 rings (SSSR count). The Balaban J connectivity index is 2.10. The van der Waals surface area contributed by atoms with Crippen LogP contribution in [0.5, 0.6) is 0 Å². The summed E-state index contributed by atoms with van der Waals surface area (Å²) in [6, 6.07) is 8.63. The van der Waals surface area contributed by atoms with E-state index in [1.165, 1.54) is 29.7 Å². The van der Waals surface area contributed by atoms with E-state index in [0.29, 0.717) is 0 Å². The third kappa shape index (κ3) is 3.16. The first kappa shape index (κ1) is 14.3. The molecule has 0 atom stereocenters. The van der Waals surface area contributed by atoms with Crippen LogP contribution in [-0.2, 0) is 0 Å². The lowest BCUT2D eigenvalue weighted by molar-refractivity contribution is 0.821. The van der Waals surface area contributed by atoms with E-state index in [2.05, 4.69) is 48.5 Å². The summed E-state index contributed by atoms with van der Waals surface area (Å²) in [4.78, 5) is 5.58. The molecule has 1 aliphatic carbocycles. The van der Waals surface area contributed by atoms with E-state index in [9.17, 15) is 0 Å². The van der Waals surface area contributed by atoms with Crippen molar-refractivity contribution in [1.29, 1.82) is 0 Å². The summed E-state index contributed by atoms with van der Waals surface area (Å²) in [6.45, 7) is 4.97. The summed E-state index contributed by atoms with van der Waals surface area (Å²) in [5.41, 5.74) is 4.93. The molecule has 0 bridgehead atoms. The number of aryl methyl sites for hydroxylation is 1. The van der Waals surface area contributed by atoms with Crippen molar-refractivity contribution in [2.75, 3.05) is 6.54 Å². The van der Waals surface area contributed by atoms with Gasteiger partial charge in [0.05, 0.1) is 5.69 Å². The van der Waals surface area contributed by atoms with Gasteiger partial charge < -0.3 is 0 Å². The normalized spacial score (nSPS) is 15.7. The highest BCUT2D eigenvalue weighted by atomic mass is 32.1. The first-order chi connectivity index (χ1) is 10.3. The number of thiazole rings is 1. The minimum atomic E-state index is 0.790. The highest BCUT2D eigenvalue weighted by molar-refractivity contribution is 7.07. The van der Waals surface area contributed by atoms with Gasteiger partial charge in [-0.05, 0) is 39.5 Å². The summed E-state index contributed by atoms with van der Waals surface area (Å²) in [6.07, 6.45) is 4.79. The van der Waals surface area contributed by atoms with E-state index in [1.807, 2.05) is 4.68 Å². The monoisotopic (exact) mass is 299 g/mol. The quantitative estimate of drug-likeness (QED) is 0.812. The van der Waals surface area contributed by atoms with Crippen LogP contribution in [0.2, 0.25) is 0 Å². The average molecular weight is 299 g/mol. The summed E-state index contributed by atoms with van der Waals surface area (Å²) in [5, 5.41) is 7.05. The van der Waals surface area contributed by atoms with Crippen LogP contribution < -0.4 is 4.80 Å². The van der Waals surface area contributed by atoms with Gasteiger partial charge >= 0.3 is 0 Å². The molecule has 0 amide bonds. The Morgan fingerprint density at radius 2 is 1.86 bits per heavy atom. The topological polar surface area (TPSA) is 29.6 Å². The molecule has 1 aromatic carbocycles. The van der Waals surface area contributed by atoms with Gasteiger partial charge in [-0.1, -0.05) is 29.8 Å². The second-order valence-corrected chi connectivity index (χ2v) is 6.27. The molecule has 0 unspecified atom stereocenters. The van der Waals surface area contributed by atoms with E-state index < -0.39 is 0 Å². The molecular formula is C17H21N3S. The van der Waals surface area contributed by atoms with E-state index in [4.69, 9.17) is 5.10 Å². The average Bonchev–Trinajstić information content (AvgIpc) is 3.12. The van der Waals surface area contributed by atoms with Crippen molar-refractivity contribution >= 4 is 17.0 Å². The van der Waals surface area contributed by atoms with Gasteiger partial charge in [-0.3, -0.25) is 4.99 Å². The Morgan fingerprint density at radius 3 is 2.52 bits per heavy atom. The van der Waals surface area contributed by atoms with Crippen LogP contribution in [0.25, 0.3) is 11.3 Å². The lowest BCUT2D eigenvalue weighted by atomic mass is 10.1. The van der Waals surface area contributed by atoms with E-state index >= 15 is 0 Å². The summed E-state index contributed by atoms with van der Waals surface area (Å²) in [5.74, 6) is 0. The predicted octanol–water partition coefficient (Wildman–Crippen LogP) is 4.22. The second kappa shape index (κ2) is 6.39. The van der Waals surface area contributed by atoms with Crippen molar-refractivity contribution in [3.05, 3.63) is 40.0 Å². The van der Waals surface area contributed by atoms with Crippen molar-refractivity contribution in [3.8, 4) is 11.3 Å². The molecule has 3 nitrogen and oxygen atoms in total. The summed E-state index contributed by atoms with van der Waals surface area (Å²) in [7, 11) is 0. The van der Waals surface area contributed by atoms with Crippen molar-refractivity contribution in [2.45, 2.75) is 39.5 Å². The maximum atomic E-state index is 4.89. The van der Waals surface area contributed by atoms with Gasteiger partial charge in [-0.2, -0.15) is 5.10 Å². The van der Waals surface area contributed by atoms with Crippen LogP contribution in [0.3, 0.4) is 0 Å². The standard InChI is InChI=1S/C17H21N3S/c1-3-18-17-20(19-15-6-4-5-7-15)16(12-21-17)14-10-8-13(2)9-11-14/h8-12H,3-7H2,1-2H3. The minimum absolute atomic E-state index is 0.790. The molecule has 0 saturated heterocycles. The van der Waals surface area contributed by atoms with Crippen molar-refractivity contribution < 1.29 is 0 Å². The second-order valence-electron chi connectivity index (χ2n) is 5.43. The SMILES string of the molecule is CCN=c1scc(-c2ccc(C)cc2)n1N=C1CCCC1. The van der Waals surface area contributed by atoms with Gasteiger partial charge in [0.15, 0.2) is 0 Å². The fourth-order valence-corrected chi connectivity index (χ4v) is 3.48. The van der Waals surface area contributed by atoms with Crippen LogP contribution in [-0.4, -0.2) is 16.9 Å². The number of benzene rings is 1. The van der Waals surface area contributed by atoms with Gasteiger partial charge in [0.25, 0.3) is 0 Å². The summed E-state index contributed by atoms with van der Waals surface area (Å²) < 4.78 is 2.04. The molecule has 0 N–H and O–H groups in total. The number of nitrogens with zero attached hydrogens (tertiary/aromatic N) is 3. The van der Waals surface area contributed by atoms with Crippen LogP contribution >= 0.6 is 11.3 Å². The Hall–Kier alpha value is -1.68. The smallest absolute Gasteiger partial charge is 0.206 e. The molecule has 1 saturated carbocycles. The molecule has 2 aromatic rings. The first-order valence-corrected chi connectivity index (χ1v) is 8.50.